The zero-order valence-electron chi connectivity index (χ0n) is 17.9. The number of hydrogen-bond donors (Lipinski definition) is 0. The lowest BCUT2D eigenvalue weighted by Gasteiger charge is -2.29. The van der Waals surface area contributed by atoms with Crippen molar-refractivity contribution in [2.24, 2.45) is 0 Å². The largest absolute Gasteiger partial charge is 0.310 e. The molecular formula is C28H25Br2N. The fraction of sp³-hybridized carbons (Fsp3) is 0.143. The average Bonchev–Trinajstić information content (AvgIpc) is 2.74. The maximum Gasteiger partial charge on any atom is 0.0540 e. The SMILES string of the molecule is CC(C)(C)c1ccc(N(c2cc(Br)cc(Br)c2)c2ccccc2-c2ccccc2)cc1. The van der Waals surface area contributed by atoms with Crippen molar-refractivity contribution in [2.45, 2.75) is 26.2 Å². The molecule has 0 radical (unpaired) electrons. The molecule has 0 bridgehead atoms. The van der Waals surface area contributed by atoms with Crippen LogP contribution in [0.15, 0.2) is 106 Å². The molecule has 0 saturated heterocycles. The molecule has 1 nitrogen and oxygen atoms in total. The smallest absolute Gasteiger partial charge is 0.0540 e. The van der Waals surface area contributed by atoms with E-state index >= 15 is 0 Å². The summed E-state index contributed by atoms with van der Waals surface area (Å²) in [5.41, 5.74) is 7.19. The highest BCUT2D eigenvalue weighted by Gasteiger charge is 2.19. The minimum Gasteiger partial charge on any atom is -0.310 e. The van der Waals surface area contributed by atoms with E-state index in [1.165, 1.54) is 16.7 Å². The van der Waals surface area contributed by atoms with Gasteiger partial charge in [-0.05, 0) is 52.9 Å². The Labute approximate surface area is 202 Å². The second-order valence-corrected chi connectivity index (χ2v) is 10.5. The van der Waals surface area contributed by atoms with Crippen molar-refractivity contribution in [2.75, 3.05) is 4.90 Å². The van der Waals surface area contributed by atoms with Crippen LogP contribution in [0.1, 0.15) is 26.3 Å². The molecule has 0 spiro atoms. The van der Waals surface area contributed by atoms with E-state index in [1.807, 2.05) is 0 Å². The highest BCUT2D eigenvalue weighted by atomic mass is 79.9. The normalized spacial score (nSPS) is 11.4. The molecule has 156 valence electrons. The van der Waals surface area contributed by atoms with Gasteiger partial charge in [0.15, 0.2) is 0 Å². The summed E-state index contributed by atoms with van der Waals surface area (Å²) >= 11 is 7.34. The summed E-state index contributed by atoms with van der Waals surface area (Å²) in [5, 5.41) is 0. The van der Waals surface area contributed by atoms with E-state index in [4.69, 9.17) is 0 Å². The summed E-state index contributed by atoms with van der Waals surface area (Å²) in [4.78, 5) is 2.32. The number of benzene rings is 4. The lowest BCUT2D eigenvalue weighted by molar-refractivity contribution is 0.590. The summed E-state index contributed by atoms with van der Waals surface area (Å²) in [6.07, 6.45) is 0. The fourth-order valence-electron chi connectivity index (χ4n) is 3.74. The molecule has 0 aliphatic carbocycles. The zero-order valence-corrected chi connectivity index (χ0v) is 21.1. The molecule has 0 N–H and O–H groups in total. The summed E-state index contributed by atoms with van der Waals surface area (Å²) in [6.45, 7) is 6.74. The van der Waals surface area contributed by atoms with Gasteiger partial charge in [-0.25, -0.2) is 0 Å². The van der Waals surface area contributed by atoms with Gasteiger partial charge in [0.2, 0.25) is 0 Å². The number of rotatable bonds is 4. The van der Waals surface area contributed by atoms with Crippen LogP contribution in [-0.2, 0) is 5.41 Å². The molecule has 0 unspecified atom stereocenters. The van der Waals surface area contributed by atoms with Crippen molar-refractivity contribution in [3.05, 3.63) is 112 Å². The van der Waals surface area contributed by atoms with E-state index in [9.17, 15) is 0 Å². The monoisotopic (exact) mass is 533 g/mol. The van der Waals surface area contributed by atoms with Crippen LogP contribution in [0.25, 0.3) is 11.1 Å². The third kappa shape index (κ3) is 4.94. The predicted molar refractivity (Wildman–Crippen MR) is 141 cm³/mol. The van der Waals surface area contributed by atoms with Gasteiger partial charge in [-0.1, -0.05) is 113 Å². The molecule has 0 saturated carbocycles. The number of halogens is 2. The molecule has 0 amide bonds. The minimum atomic E-state index is 0.115. The standard InChI is InChI=1S/C28H25Br2N/c1-28(2,3)21-13-15-24(16-14-21)31(25-18-22(29)17-23(30)19-25)27-12-8-7-11-26(27)20-9-5-4-6-10-20/h4-19H,1-3H3. The van der Waals surface area contributed by atoms with Gasteiger partial charge >= 0.3 is 0 Å². The number of para-hydroxylation sites is 1. The van der Waals surface area contributed by atoms with Gasteiger partial charge in [0.25, 0.3) is 0 Å². The van der Waals surface area contributed by atoms with Gasteiger partial charge in [0.1, 0.15) is 0 Å². The molecule has 4 aromatic rings. The van der Waals surface area contributed by atoms with Crippen molar-refractivity contribution in [3.63, 3.8) is 0 Å². The number of nitrogens with zero attached hydrogens (tertiary/aromatic N) is 1. The van der Waals surface area contributed by atoms with Crippen LogP contribution < -0.4 is 4.90 Å². The quantitative estimate of drug-likeness (QED) is 0.252. The van der Waals surface area contributed by atoms with E-state index < -0.39 is 0 Å². The lowest BCUT2D eigenvalue weighted by Crippen LogP contribution is -2.13. The third-order valence-corrected chi connectivity index (χ3v) is 6.24. The van der Waals surface area contributed by atoms with Crippen LogP contribution in [0, 0.1) is 0 Å². The van der Waals surface area contributed by atoms with Crippen molar-refractivity contribution >= 4 is 48.9 Å². The summed E-state index contributed by atoms with van der Waals surface area (Å²) in [7, 11) is 0. The summed E-state index contributed by atoms with van der Waals surface area (Å²) < 4.78 is 2.07. The maximum absolute atomic E-state index is 3.67. The van der Waals surface area contributed by atoms with E-state index in [0.717, 1.165) is 26.0 Å². The molecule has 3 heteroatoms. The predicted octanol–water partition coefficient (Wildman–Crippen LogP) is 9.65. The molecule has 0 fully saturated rings. The molecule has 0 aliphatic rings. The van der Waals surface area contributed by atoms with Gasteiger partial charge in [-0.15, -0.1) is 0 Å². The van der Waals surface area contributed by atoms with Gasteiger partial charge in [-0.2, -0.15) is 0 Å². The Morgan fingerprint density at radius 3 is 1.81 bits per heavy atom. The van der Waals surface area contributed by atoms with Crippen LogP contribution in [0.4, 0.5) is 17.1 Å². The first-order valence-electron chi connectivity index (χ1n) is 10.3. The van der Waals surface area contributed by atoms with Gasteiger partial charge in [-0.3, -0.25) is 0 Å². The van der Waals surface area contributed by atoms with Gasteiger partial charge in [0, 0.05) is 25.9 Å². The topological polar surface area (TPSA) is 3.24 Å². The zero-order chi connectivity index (χ0) is 22.0. The van der Waals surface area contributed by atoms with Gasteiger partial charge < -0.3 is 4.90 Å². The van der Waals surface area contributed by atoms with Crippen LogP contribution in [-0.4, -0.2) is 0 Å². The first-order valence-corrected chi connectivity index (χ1v) is 11.9. The van der Waals surface area contributed by atoms with Crippen LogP contribution in [0.3, 0.4) is 0 Å². The molecule has 0 atom stereocenters. The van der Waals surface area contributed by atoms with E-state index in [2.05, 4.69) is 155 Å². The highest BCUT2D eigenvalue weighted by Crippen LogP contribution is 2.42. The Morgan fingerprint density at radius 2 is 1.19 bits per heavy atom. The molecule has 0 aromatic heterocycles. The lowest BCUT2D eigenvalue weighted by atomic mass is 9.87. The van der Waals surface area contributed by atoms with Crippen LogP contribution >= 0.6 is 31.9 Å². The molecule has 31 heavy (non-hydrogen) atoms. The number of hydrogen-bond acceptors (Lipinski definition) is 1. The highest BCUT2D eigenvalue weighted by molar-refractivity contribution is 9.11. The van der Waals surface area contributed by atoms with Crippen LogP contribution in [0.2, 0.25) is 0 Å². The maximum atomic E-state index is 3.67. The van der Waals surface area contributed by atoms with E-state index in [1.54, 1.807) is 0 Å². The van der Waals surface area contributed by atoms with Crippen molar-refractivity contribution in [1.29, 1.82) is 0 Å². The summed E-state index contributed by atoms with van der Waals surface area (Å²) in [6, 6.07) is 34.4. The molecule has 0 heterocycles. The van der Waals surface area contributed by atoms with Crippen molar-refractivity contribution in [3.8, 4) is 11.1 Å². The summed E-state index contributed by atoms with van der Waals surface area (Å²) in [5.74, 6) is 0. The van der Waals surface area contributed by atoms with Crippen LogP contribution in [0.5, 0.6) is 0 Å². The molecular weight excluding hydrogens is 510 g/mol. The number of anilines is 3. The minimum absolute atomic E-state index is 0.115. The fourth-order valence-corrected chi connectivity index (χ4v) is 5.01. The van der Waals surface area contributed by atoms with E-state index in [-0.39, 0.29) is 5.41 Å². The first-order chi connectivity index (χ1) is 14.8. The second kappa shape index (κ2) is 9.02. The Morgan fingerprint density at radius 1 is 0.613 bits per heavy atom. The van der Waals surface area contributed by atoms with E-state index in [0.29, 0.717) is 0 Å². The molecule has 4 rings (SSSR count). The first kappa shape index (κ1) is 21.9. The van der Waals surface area contributed by atoms with Gasteiger partial charge in [0.05, 0.1) is 5.69 Å². The Balaban J connectivity index is 1.93. The van der Waals surface area contributed by atoms with Crippen molar-refractivity contribution in [1.82, 2.24) is 0 Å². The second-order valence-electron chi connectivity index (χ2n) is 8.64. The third-order valence-electron chi connectivity index (χ3n) is 5.33. The molecule has 4 aromatic carbocycles. The Kier molecular flexibility index (Phi) is 6.36. The van der Waals surface area contributed by atoms with Crippen molar-refractivity contribution < 1.29 is 0 Å². The Hall–Kier alpha value is -2.36. The molecule has 0 aliphatic heterocycles. The average molecular weight is 535 g/mol. The Bertz CT molecular complexity index is 1160.